The molecule has 1 aliphatic heterocycles. The number of nitrogens with zero attached hydrogens (tertiary/aromatic N) is 1. The summed E-state index contributed by atoms with van der Waals surface area (Å²) < 4.78 is 16.4. The zero-order valence-corrected chi connectivity index (χ0v) is 14.2. The third-order valence-corrected chi connectivity index (χ3v) is 3.90. The molecule has 4 nitrogen and oxygen atoms in total. The summed E-state index contributed by atoms with van der Waals surface area (Å²) in [5.74, 6) is 2.57. The maximum absolute atomic E-state index is 5.64. The van der Waals surface area contributed by atoms with E-state index in [1.54, 1.807) is 7.11 Å². The summed E-state index contributed by atoms with van der Waals surface area (Å²) in [6.07, 6.45) is 4.29. The minimum atomic E-state index is 0.622. The minimum Gasteiger partial charge on any atom is -0.497 e. The van der Waals surface area contributed by atoms with Crippen molar-refractivity contribution < 1.29 is 14.2 Å². The van der Waals surface area contributed by atoms with Gasteiger partial charge in [0.15, 0.2) is 11.5 Å². The van der Waals surface area contributed by atoms with Gasteiger partial charge in [0, 0.05) is 13.1 Å². The minimum absolute atomic E-state index is 0.622. The molecule has 1 aliphatic rings. The molecule has 2 aromatic rings. The molecule has 0 saturated heterocycles. The Kier molecular flexibility index (Phi) is 5.39. The van der Waals surface area contributed by atoms with Crippen LogP contribution in [0.15, 0.2) is 48.5 Å². The topological polar surface area (TPSA) is 30.9 Å². The smallest absolute Gasteiger partial charge is 0.161 e. The molecular weight excluding hydrogens is 302 g/mol. The Morgan fingerprint density at radius 3 is 2.54 bits per heavy atom. The first-order valence-corrected chi connectivity index (χ1v) is 8.12. The van der Waals surface area contributed by atoms with Gasteiger partial charge in [-0.05, 0) is 42.4 Å². The van der Waals surface area contributed by atoms with Gasteiger partial charge in [0.2, 0.25) is 0 Å². The molecule has 0 spiro atoms. The average Bonchev–Trinajstić information content (AvgIpc) is 2.62. The number of methoxy groups -OCH3 is 1. The number of fused-ring (bicyclic) bond motifs is 1. The number of hydrogen-bond donors (Lipinski definition) is 0. The molecular formula is C20H23NO3. The molecule has 24 heavy (non-hydrogen) atoms. The quantitative estimate of drug-likeness (QED) is 0.812. The van der Waals surface area contributed by atoms with Gasteiger partial charge in [-0.15, -0.1) is 0 Å². The molecule has 0 radical (unpaired) electrons. The summed E-state index contributed by atoms with van der Waals surface area (Å²) in [6.45, 7) is 2.99. The van der Waals surface area contributed by atoms with Crippen LogP contribution in [0.5, 0.6) is 17.2 Å². The maximum Gasteiger partial charge on any atom is 0.161 e. The van der Waals surface area contributed by atoms with Crippen LogP contribution in [0.25, 0.3) is 6.08 Å². The number of benzene rings is 2. The second-order valence-electron chi connectivity index (χ2n) is 5.85. The Morgan fingerprint density at radius 2 is 1.79 bits per heavy atom. The highest BCUT2D eigenvalue weighted by Gasteiger charge is 2.12. The normalized spacial score (nSPS) is 13.5. The molecule has 3 rings (SSSR count). The molecule has 0 N–H and O–H groups in total. The molecule has 0 amide bonds. The maximum atomic E-state index is 5.64. The Labute approximate surface area is 143 Å². The molecule has 0 unspecified atom stereocenters. The zero-order valence-electron chi connectivity index (χ0n) is 14.2. The van der Waals surface area contributed by atoms with E-state index in [1.807, 2.05) is 18.2 Å². The first kappa shape index (κ1) is 16.4. The fourth-order valence-electron chi connectivity index (χ4n) is 2.65. The lowest BCUT2D eigenvalue weighted by Crippen LogP contribution is -2.19. The van der Waals surface area contributed by atoms with Crippen molar-refractivity contribution >= 4 is 6.08 Å². The summed E-state index contributed by atoms with van der Waals surface area (Å²) in [5.41, 5.74) is 2.39. The van der Waals surface area contributed by atoms with Crippen LogP contribution in [0.1, 0.15) is 11.1 Å². The number of likely N-dealkylation sites (N-methyl/N-ethyl adjacent to an activating group) is 1. The Morgan fingerprint density at radius 1 is 1.04 bits per heavy atom. The van der Waals surface area contributed by atoms with Gasteiger partial charge in [-0.2, -0.15) is 0 Å². The van der Waals surface area contributed by atoms with Crippen molar-refractivity contribution in [2.45, 2.75) is 6.54 Å². The van der Waals surface area contributed by atoms with E-state index in [0.29, 0.717) is 13.2 Å². The van der Waals surface area contributed by atoms with Crippen molar-refractivity contribution in [2.24, 2.45) is 0 Å². The van der Waals surface area contributed by atoms with E-state index in [-0.39, 0.29) is 0 Å². The van der Waals surface area contributed by atoms with Gasteiger partial charge in [0.1, 0.15) is 19.0 Å². The second-order valence-corrected chi connectivity index (χ2v) is 5.85. The van der Waals surface area contributed by atoms with Gasteiger partial charge < -0.3 is 14.2 Å². The van der Waals surface area contributed by atoms with E-state index in [1.165, 1.54) is 11.1 Å². The molecule has 1 heterocycles. The summed E-state index contributed by atoms with van der Waals surface area (Å²) >= 11 is 0. The molecule has 4 heteroatoms. The van der Waals surface area contributed by atoms with Gasteiger partial charge >= 0.3 is 0 Å². The van der Waals surface area contributed by atoms with Crippen molar-refractivity contribution in [3.05, 3.63) is 59.7 Å². The van der Waals surface area contributed by atoms with Crippen molar-refractivity contribution in [1.82, 2.24) is 4.90 Å². The van der Waals surface area contributed by atoms with Crippen molar-refractivity contribution in [2.75, 3.05) is 33.9 Å². The zero-order chi connectivity index (χ0) is 16.8. The molecule has 126 valence electrons. The molecule has 0 bridgehead atoms. The van der Waals surface area contributed by atoms with Crippen LogP contribution in [-0.4, -0.2) is 38.8 Å². The van der Waals surface area contributed by atoms with Crippen LogP contribution in [0, 0.1) is 0 Å². The van der Waals surface area contributed by atoms with Gasteiger partial charge in [-0.25, -0.2) is 0 Å². The van der Waals surface area contributed by atoms with Gasteiger partial charge in [-0.1, -0.05) is 30.4 Å². The molecule has 0 aromatic heterocycles. The van der Waals surface area contributed by atoms with Gasteiger partial charge in [-0.3, -0.25) is 4.90 Å². The Balaban J connectivity index is 1.53. The lowest BCUT2D eigenvalue weighted by atomic mass is 10.1. The molecule has 0 fully saturated rings. The van der Waals surface area contributed by atoms with Crippen LogP contribution >= 0.6 is 0 Å². The number of ether oxygens (including phenoxy) is 3. The average molecular weight is 325 g/mol. The van der Waals surface area contributed by atoms with Gasteiger partial charge in [0.25, 0.3) is 0 Å². The van der Waals surface area contributed by atoms with Gasteiger partial charge in [0.05, 0.1) is 7.11 Å². The Hall–Kier alpha value is -2.46. The molecule has 0 aliphatic carbocycles. The summed E-state index contributed by atoms with van der Waals surface area (Å²) in [5, 5.41) is 0. The predicted octanol–water partition coefficient (Wildman–Crippen LogP) is 3.61. The SMILES string of the molecule is COc1ccc(C=CCN(C)Cc2ccc3c(c2)OCCO3)cc1. The third kappa shape index (κ3) is 4.30. The lowest BCUT2D eigenvalue weighted by molar-refractivity contribution is 0.171. The van der Waals surface area contributed by atoms with E-state index in [0.717, 1.165) is 30.3 Å². The predicted molar refractivity (Wildman–Crippen MR) is 95.8 cm³/mol. The third-order valence-electron chi connectivity index (χ3n) is 3.90. The summed E-state index contributed by atoms with van der Waals surface area (Å²) in [7, 11) is 3.78. The lowest BCUT2D eigenvalue weighted by Gasteiger charge is -2.20. The van der Waals surface area contributed by atoms with E-state index in [2.05, 4.69) is 48.4 Å². The first-order chi connectivity index (χ1) is 11.7. The fraction of sp³-hybridized carbons (Fsp3) is 0.300. The first-order valence-electron chi connectivity index (χ1n) is 8.12. The monoisotopic (exact) mass is 325 g/mol. The highest BCUT2D eigenvalue weighted by atomic mass is 16.6. The van der Waals surface area contributed by atoms with E-state index in [4.69, 9.17) is 14.2 Å². The van der Waals surface area contributed by atoms with Crippen LogP contribution in [0.4, 0.5) is 0 Å². The highest BCUT2D eigenvalue weighted by Crippen LogP contribution is 2.31. The van der Waals surface area contributed by atoms with E-state index in [9.17, 15) is 0 Å². The van der Waals surface area contributed by atoms with E-state index < -0.39 is 0 Å². The highest BCUT2D eigenvalue weighted by molar-refractivity contribution is 5.50. The van der Waals surface area contributed by atoms with Crippen LogP contribution in [0.3, 0.4) is 0 Å². The largest absolute Gasteiger partial charge is 0.497 e. The molecule has 2 aromatic carbocycles. The second kappa shape index (κ2) is 7.88. The molecule has 0 atom stereocenters. The number of hydrogen-bond acceptors (Lipinski definition) is 4. The molecule has 0 saturated carbocycles. The summed E-state index contributed by atoms with van der Waals surface area (Å²) in [4.78, 5) is 2.26. The van der Waals surface area contributed by atoms with Crippen LogP contribution in [0.2, 0.25) is 0 Å². The standard InChI is InChI=1S/C20H23NO3/c1-21(11-3-4-16-5-8-18(22-2)9-6-16)15-17-7-10-19-20(14-17)24-13-12-23-19/h3-10,14H,11-13,15H2,1-2H3. The van der Waals surface area contributed by atoms with Crippen molar-refractivity contribution in [1.29, 1.82) is 0 Å². The summed E-state index contributed by atoms with van der Waals surface area (Å²) in [6, 6.07) is 14.2. The van der Waals surface area contributed by atoms with Crippen molar-refractivity contribution in [3.8, 4) is 17.2 Å². The fourth-order valence-corrected chi connectivity index (χ4v) is 2.65. The van der Waals surface area contributed by atoms with Crippen LogP contribution < -0.4 is 14.2 Å². The van der Waals surface area contributed by atoms with Crippen LogP contribution in [-0.2, 0) is 6.54 Å². The Bertz CT molecular complexity index is 695. The van der Waals surface area contributed by atoms with E-state index >= 15 is 0 Å². The van der Waals surface area contributed by atoms with Crippen molar-refractivity contribution in [3.63, 3.8) is 0 Å². The number of rotatable bonds is 6.